The number of hydrogen-bond acceptors (Lipinski definition) is 5. The Bertz CT molecular complexity index is 221. The zero-order chi connectivity index (χ0) is 10.6. The average molecular weight is 218 g/mol. The number of aliphatic hydroxyl groups is 2. The maximum absolute atomic E-state index is 10.5. The van der Waals surface area contributed by atoms with Crippen LogP contribution in [-0.2, 0) is 13.9 Å². The summed E-state index contributed by atoms with van der Waals surface area (Å²) in [5.74, 6) is -0.707. The molecule has 0 bridgehead atoms. The lowest BCUT2D eigenvalue weighted by atomic mass is 10.3. The third kappa shape index (κ3) is 5.87. The minimum Gasteiger partial charge on any atom is -0.388 e. The van der Waals surface area contributed by atoms with E-state index in [1.54, 1.807) is 0 Å². The Morgan fingerprint density at radius 1 is 1.46 bits per heavy atom. The number of aliphatic hydroxyl groups excluding tert-OH is 2. The molecule has 0 unspecified atom stereocenters. The molecular formula is C5H11O7P. The molecule has 0 aromatic heterocycles. The van der Waals surface area contributed by atoms with E-state index in [1.165, 1.54) is 0 Å². The molecule has 0 aromatic rings. The zero-order valence-corrected chi connectivity index (χ0v) is 7.72. The zero-order valence-electron chi connectivity index (χ0n) is 6.82. The predicted molar refractivity (Wildman–Crippen MR) is 40.7 cm³/mol. The highest BCUT2D eigenvalue weighted by Crippen LogP contribution is 2.35. The second-order valence-electron chi connectivity index (χ2n) is 2.41. The van der Waals surface area contributed by atoms with Crippen LogP contribution in [0.5, 0.6) is 0 Å². The lowest BCUT2D eigenvalue weighted by Gasteiger charge is -2.15. The van der Waals surface area contributed by atoms with Crippen molar-refractivity contribution in [2.45, 2.75) is 19.1 Å². The van der Waals surface area contributed by atoms with Gasteiger partial charge in [0.25, 0.3) is 0 Å². The smallest absolute Gasteiger partial charge is 0.388 e. The van der Waals surface area contributed by atoms with E-state index in [-0.39, 0.29) is 0 Å². The molecule has 0 spiro atoms. The van der Waals surface area contributed by atoms with Gasteiger partial charge in [0.05, 0.1) is 6.61 Å². The second-order valence-corrected chi connectivity index (χ2v) is 3.65. The van der Waals surface area contributed by atoms with E-state index >= 15 is 0 Å². The van der Waals surface area contributed by atoms with Gasteiger partial charge in [-0.1, -0.05) is 0 Å². The van der Waals surface area contributed by atoms with Gasteiger partial charge < -0.3 is 20.0 Å². The SMILES string of the molecule is [14CH3][14C](=O)[C@@H](O)[C@H](O)COP(=O)(O)O. The van der Waals surface area contributed by atoms with E-state index in [9.17, 15) is 9.36 Å². The molecule has 0 heterocycles. The van der Waals surface area contributed by atoms with Crippen LogP contribution in [0.25, 0.3) is 0 Å². The molecule has 0 amide bonds. The molecule has 0 saturated heterocycles. The van der Waals surface area contributed by atoms with Crippen LogP contribution in [0.4, 0.5) is 0 Å². The summed E-state index contributed by atoms with van der Waals surface area (Å²) in [4.78, 5) is 26.8. The van der Waals surface area contributed by atoms with Crippen molar-refractivity contribution in [1.29, 1.82) is 0 Å². The van der Waals surface area contributed by atoms with E-state index in [0.717, 1.165) is 6.92 Å². The van der Waals surface area contributed by atoms with Crippen molar-refractivity contribution in [2.75, 3.05) is 6.61 Å². The van der Waals surface area contributed by atoms with E-state index in [2.05, 4.69) is 4.52 Å². The quantitative estimate of drug-likeness (QED) is 0.410. The molecule has 78 valence electrons. The highest BCUT2D eigenvalue weighted by Gasteiger charge is 2.24. The lowest BCUT2D eigenvalue weighted by molar-refractivity contribution is -0.132. The van der Waals surface area contributed by atoms with Crippen LogP contribution in [0.2, 0.25) is 0 Å². The third-order valence-electron chi connectivity index (χ3n) is 1.19. The minimum atomic E-state index is -4.67. The number of carbonyl (C=O) groups excluding carboxylic acids is 1. The van der Waals surface area contributed by atoms with Crippen molar-refractivity contribution in [3.63, 3.8) is 0 Å². The topological polar surface area (TPSA) is 124 Å². The summed E-state index contributed by atoms with van der Waals surface area (Å²) in [7, 11) is -4.67. The Balaban J connectivity index is 3.95. The summed E-state index contributed by atoms with van der Waals surface area (Å²) >= 11 is 0. The molecule has 0 rings (SSSR count). The van der Waals surface area contributed by atoms with Crippen molar-refractivity contribution in [3.05, 3.63) is 0 Å². The van der Waals surface area contributed by atoms with Crippen molar-refractivity contribution in [1.82, 2.24) is 0 Å². The summed E-state index contributed by atoms with van der Waals surface area (Å²) in [5, 5.41) is 17.8. The first-order valence-electron chi connectivity index (χ1n) is 3.30. The first kappa shape index (κ1) is 12.7. The number of carbonyl (C=O) groups is 1. The number of rotatable bonds is 5. The summed E-state index contributed by atoms with van der Waals surface area (Å²) in [5.41, 5.74) is 0. The van der Waals surface area contributed by atoms with Gasteiger partial charge in [0.15, 0.2) is 5.78 Å². The Labute approximate surface area is 74.2 Å². The molecule has 0 fully saturated rings. The highest BCUT2D eigenvalue weighted by atomic mass is 31.2. The van der Waals surface area contributed by atoms with E-state index in [0.29, 0.717) is 0 Å². The minimum absolute atomic E-state index is 0.707. The van der Waals surface area contributed by atoms with Crippen LogP contribution in [0, 0.1) is 0 Å². The van der Waals surface area contributed by atoms with Gasteiger partial charge in [-0.3, -0.25) is 9.32 Å². The van der Waals surface area contributed by atoms with Gasteiger partial charge in [0.2, 0.25) is 0 Å². The fourth-order valence-electron chi connectivity index (χ4n) is 0.536. The van der Waals surface area contributed by atoms with Gasteiger partial charge in [-0.2, -0.15) is 0 Å². The first-order chi connectivity index (χ1) is 5.74. The summed E-state index contributed by atoms with van der Waals surface area (Å²) in [6.07, 6.45) is -3.32. The standard InChI is InChI=1S/C5H11O7P/c1-3(6)5(8)4(7)2-12-13(9,10)11/h4-5,7-8H,2H2,1H3,(H2,9,10,11)/t4-,5-/m1/s1/i1+2,3+2. The number of ketones is 1. The molecule has 0 aliphatic heterocycles. The van der Waals surface area contributed by atoms with Gasteiger partial charge in [-0.15, -0.1) is 0 Å². The molecule has 13 heavy (non-hydrogen) atoms. The largest absolute Gasteiger partial charge is 0.469 e. The summed E-state index contributed by atoms with van der Waals surface area (Å²) < 4.78 is 14.0. The molecular weight excluding hydrogens is 207 g/mol. The molecule has 0 aliphatic rings. The average Bonchev–Trinajstić information content (AvgIpc) is 1.97. The van der Waals surface area contributed by atoms with Crippen LogP contribution in [0.3, 0.4) is 0 Å². The Kier molecular flexibility index (Phi) is 4.69. The monoisotopic (exact) mass is 218 g/mol. The predicted octanol–water partition coefficient (Wildman–Crippen LogP) is -1.59. The second kappa shape index (κ2) is 4.80. The van der Waals surface area contributed by atoms with Crippen LogP contribution in [0.1, 0.15) is 6.92 Å². The maximum atomic E-state index is 10.5. The fourth-order valence-corrected chi connectivity index (χ4v) is 0.882. The Morgan fingerprint density at radius 3 is 2.23 bits per heavy atom. The van der Waals surface area contributed by atoms with E-state index in [4.69, 9.17) is 20.0 Å². The first-order valence-corrected chi connectivity index (χ1v) is 4.83. The van der Waals surface area contributed by atoms with Crippen molar-refractivity contribution in [2.24, 2.45) is 0 Å². The molecule has 0 aromatic carbocycles. The molecule has 0 aliphatic carbocycles. The van der Waals surface area contributed by atoms with Crippen LogP contribution in [0.15, 0.2) is 0 Å². The van der Waals surface area contributed by atoms with Crippen LogP contribution < -0.4 is 0 Å². The summed E-state index contributed by atoms with van der Waals surface area (Å²) in [6.45, 7) is 0.233. The number of phosphoric ester groups is 1. The maximum Gasteiger partial charge on any atom is 0.469 e. The van der Waals surface area contributed by atoms with Gasteiger partial charge in [-0.25, -0.2) is 4.57 Å². The number of hydrogen-bond donors (Lipinski definition) is 4. The van der Waals surface area contributed by atoms with Crippen molar-refractivity contribution < 1.29 is 33.9 Å². The highest BCUT2D eigenvalue weighted by molar-refractivity contribution is 7.46. The normalized spacial score (nSPS) is 16.7. The van der Waals surface area contributed by atoms with Gasteiger partial charge >= 0.3 is 7.82 Å². The van der Waals surface area contributed by atoms with Crippen LogP contribution >= 0.6 is 7.82 Å². The fraction of sp³-hybridized carbons (Fsp3) is 0.800. The molecule has 4 N–H and O–H groups in total. The van der Waals surface area contributed by atoms with Crippen molar-refractivity contribution in [3.8, 4) is 0 Å². The Hall–Kier alpha value is -0.300. The number of Topliss-reactive ketones (excluding diaryl/α,β-unsaturated/α-hetero) is 1. The molecule has 0 radical (unpaired) electrons. The molecule has 2 atom stereocenters. The van der Waals surface area contributed by atoms with Crippen LogP contribution in [-0.4, -0.2) is 44.6 Å². The summed E-state index contributed by atoms with van der Waals surface area (Å²) in [6, 6.07) is 0. The molecule has 0 saturated carbocycles. The Morgan fingerprint density at radius 2 is 1.92 bits per heavy atom. The van der Waals surface area contributed by atoms with E-state index < -0.39 is 32.4 Å². The molecule has 8 heteroatoms. The van der Waals surface area contributed by atoms with Gasteiger partial charge in [0, 0.05) is 0 Å². The number of phosphoric acid groups is 1. The van der Waals surface area contributed by atoms with Gasteiger partial charge in [0.1, 0.15) is 12.2 Å². The van der Waals surface area contributed by atoms with Crippen molar-refractivity contribution >= 4 is 13.6 Å². The third-order valence-corrected chi connectivity index (χ3v) is 1.68. The van der Waals surface area contributed by atoms with Gasteiger partial charge in [-0.05, 0) is 6.92 Å². The van der Waals surface area contributed by atoms with E-state index in [1.807, 2.05) is 0 Å². The lowest BCUT2D eigenvalue weighted by Crippen LogP contribution is -2.35. The molecule has 7 nitrogen and oxygen atoms in total.